The van der Waals surface area contributed by atoms with Crippen molar-refractivity contribution >= 4 is 244 Å². The van der Waals surface area contributed by atoms with Crippen LogP contribution in [0.15, 0.2) is 231 Å². The van der Waals surface area contributed by atoms with Crippen LogP contribution in [0.2, 0.25) is 0 Å². The highest BCUT2D eigenvalue weighted by Gasteiger charge is 2.23. The monoisotopic (exact) mass is 1850 g/mol. The van der Waals surface area contributed by atoms with Crippen LogP contribution in [0.25, 0.3) is 185 Å². The Hall–Kier alpha value is -8.64. The van der Waals surface area contributed by atoms with Gasteiger partial charge in [-0.05, 0) is 266 Å². The molecule has 21 rings (SSSR count). The molecule has 8 aromatic heterocycles. The lowest BCUT2D eigenvalue weighted by molar-refractivity contribution is 0.437. The highest BCUT2D eigenvalue weighted by atomic mass is 32.1. The summed E-state index contributed by atoms with van der Waals surface area (Å²) in [5.41, 5.74) is 11.2. The molecule has 0 aliphatic carbocycles. The van der Waals surface area contributed by atoms with Crippen LogP contribution in [0.4, 0.5) is 0 Å². The summed E-state index contributed by atoms with van der Waals surface area (Å²) < 4.78 is 17.3. The molecule has 0 amide bonds. The van der Waals surface area contributed by atoms with Gasteiger partial charge in [0.2, 0.25) is 0 Å². The van der Waals surface area contributed by atoms with Crippen LogP contribution in [0, 0.1) is 61.2 Å². The van der Waals surface area contributed by atoms with Crippen molar-refractivity contribution < 1.29 is 0 Å². The lowest BCUT2D eigenvalue weighted by Gasteiger charge is -2.13. The van der Waals surface area contributed by atoms with Crippen LogP contribution in [-0.2, 0) is 25.7 Å². The lowest BCUT2D eigenvalue weighted by Crippen LogP contribution is -1.99. The van der Waals surface area contributed by atoms with Gasteiger partial charge in [-0.15, -0.1) is 90.7 Å². The molecular weight excluding hydrogens is 1720 g/mol. The van der Waals surface area contributed by atoms with E-state index in [1.165, 1.54) is 346 Å². The van der Waals surface area contributed by atoms with E-state index >= 15 is 0 Å². The number of hydrogen-bond donors (Lipinski definition) is 0. The van der Waals surface area contributed by atoms with Crippen LogP contribution >= 0.6 is 90.7 Å². The first-order chi connectivity index (χ1) is 63.1. The van der Waals surface area contributed by atoms with E-state index in [4.69, 9.17) is 0 Å². The van der Waals surface area contributed by atoms with Gasteiger partial charge in [0.1, 0.15) is 0 Å². The van der Waals surface area contributed by atoms with E-state index in [1.807, 2.05) is 90.7 Å². The van der Waals surface area contributed by atoms with E-state index in [0.717, 1.165) is 47.3 Å². The van der Waals surface area contributed by atoms with E-state index in [0.29, 0.717) is 0 Å². The van der Waals surface area contributed by atoms with Crippen molar-refractivity contribution in [2.45, 2.75) is 225 Å². The Balaban J connectivity index is 0.000000128. The van der Waals surface area contributed by atoms with Crippen molar-refractivity contribution in [3.63, 3.8) is 0 Å². The van der Waals surface area contributed by atoms with E-state index < -0.39 is 0 Å². The van der Waals surface area contributed by atoms with Crippen LogP contribution < -0.4 is 0 Å². The van der Waals surface area contributed by atoms with E-state index in [2.05, 4.69) is 327 Å². The van der Waals surface area contributed by atoms with Crippen molar-refractivity contribution in [2.24, 2.45) is 47.3 Å². The molecule has 8 heteroatoms. The van der Waals surface area contributed by atoms with Gasteiger partial charge >= 0.3 is 0 Å². The molecule has 8 heterocycles. The number of thiophene rings is 8. The van der Waals surface area contributed by atoms with Crippen molar-refractivity contribution in [2.75, 3.05) is 0 Å². The second kappa shape index (κ2) is 39.9. The van der Waals surface area contributed by atoms with E-state index in [-0.39, 0.29) is 0 Å². The number of rotatable bonds is 31. The Morgan fingerprint density at radius 3 is 0.662 bits per heavy atom. The molecule has 4 atom stereocenters. The molecule has 0 bridgehead atoms. The summed E-state index contributed by atoms with van der Waals surface area (Å²) in [6.45, 7) is 32.8. The maximum Gasteiger partial charge on any atom is 0.0542 e. The van der Waals surface area contributed by atoms with Gasteiger partial charge in [0.15, 0.2) is 0 Å². The molecule has 0 nitrogen and oxygen atoms in total. The highest BCUT2D eigenvalue weighted by Crippen LogP contribution is 2.53. The minimum atomic E-state index is 0.788. The van der Waals surface area contributed by atoms with Gasteiger partial charge in [-0.2, -0.15) is 0 Å². The molecule has 4 unspecified atom stereocenters. The van der Waals surface area contributed by atoms with Gasteiger partial charge in [-0.3, -0.25) is 0 Å². The standard InChI is InChI=1S/C48H56S2.C42H52S2.C32H20S4/c1-31(2)9-7-11-33(5)13-15-35-17-20-37(21-18-35)40-24-23-39-26-28-42-46(44(39)30-40)50-47-41-27-25-38-22-19-36(29-43(38)45(41)49-48(42)47)16-14-34(6)12-8-10-32(3)4;1-27(2)9-7-11-29(5)13-15-31-17-19-33-21-23-35-39(37(33)25-31)43-42-36-24-22-34-20-18-32(26-38(34)40(36)44-41(35)42)16-14-30(6)12-8-10-28(3)4;1-17-3-13-27(33-17)21-7-5-19-9-11-23-29(25(19)15-21)35-32-24-12-10-20-6-8-22(28-14-4-18(2)34-28)16-26(20)30(24)36-31(23)32/h17-34H,7-16H2,1-6H3;17-30H,7-16H2,1-6H3;3-16H,1-2H3. The fourth-order valence-corrected chi connectivity index (χ4v) is 30.7. The molecule has 21 aromatic rings. The summed E-state index contributed by atoms with van der Waals surface area (Å²) in [5.74, 6) is 6.46. The zero-order valence-corrected chi connectivity index (χ0v) is 85.5. The third-order valence-corrected chi connectivity index (χ3v) is 38.4. The molecule has 0 saturated heterocycles. The highest BCUT2D eigenvalue weighted by molar-refractivity contribution is 7.39. The minimum absolute atomic E-state index is 0.788. The third-order valence-electron chi connectivity index (χ3n) is 28.3. The Labute approximate surface area is 803 Å². The molecule has 13 aromatic carbocycles. The Morgan fingerprint density at radius 2 is 0.400 bits per heavy atom. The molecule has 0 N–H and O–H groups in total. The summed E-state index contributed by atoms with van der Waals surface area (Å²) in [6.07, 6.45) is 26.2. The van der Waals surface area contributed by atoms with Gasteiger partial charge < -0.3 is 0 Å². The van der Waals surface area contributed by atoms with E-state index in [9.17, 15) is 0 Å². The van der Waals surface area contributed by atoms with Crippen molar-refractivity contribution in [1.29, 1.82) is 0 Å². The number of fused-ring (bicyclic) bond motifs is 27. The predicted molar refractivity (Wildman–Crippen MR) is 595 cm³/mol. The summed E-state index contributed by atoms with van der Waals surface area (Å²) in [5, 5.41) is 25.0. The average molecular weight is 1850 g/mol. The van der Waals surface area contributed by atoms with Gasteiger partial charge in [-0.25, -0.2) is 0 Å². The van der Waals surface area contributed by atoms with Crippen LogP contribution in [-0.4, -0.2) is 0 Å². The second-order valence-corrected chi connectivity index (χ2v) is 49.3. The normalized spacial score (nSPS) is 13.3. The number of benzene rings is 13. The predicted octanol–water partition coefficient (Wildman–Crippen LogP) is 42.0. The average Bonchev–Trinajstić information content (AvgIpc) is 1.57. The smallest absolute Gasteiger partial charge is 0.0542 e. The first-order valence-electron chi connectivity index (χ1n) is 49.0. The van der Waals surface area contributed by atoms with Crippen LogP contribution in [0.3, 0.4) is 0 Å². The largest absolute Gasteiger partial charge is 0.141 e. The molecule has 0 radical (unpaired) electrons. The Kier molecular flexibility index (Phi) is 27.8. The molecule has 0 fully saturated rings. The zero-order chi connectivity index (χ0) is 89.5. The molecule has 0 aliphatic rings. The van der Waals surface area contributed by atoms with Crippen LogP contribution in [0.1, 0.15) is 218 Å². The lowest BCUT2D eigenvalue weighted by atomic mass is 9.93. The Morgan fingerprint density at radius 1 is 0.177 bits per heavy atom. The first-order valence-corrected chi connectivity index (χ1v) is 55.6. The maximum absolute atomic E-state index is 2.51. The number of aryl methyl sites for hydroxylation is 6. The Bertz CT molecular complexity index is 7340. The van der Waals surface area contributed by atoms with E-state index in [1.54, 1.807) is 0 Å². The maximum atomic E-state index is 2.51. The fraction of sp³-hybridized carbons (Fsp3) is 0.344. The number of hydrogen-bond acceptors (Lipinski definition) is 8. The van der Waals surface area contributed by atoms with Crippen LogP contribution in [0.5, 0.6) is 0 Å². The zero-order valence-electron chi connectivity index (χ0n) is 79.0. The van der Waals surface area contributed by atoms with Gasteiger partial charge in [0.05, 0.1) is 28.2 Å². The molecule has 0 aliphatic heterocycles. The fourth-order valence-electron chi connectivity index (χ4n) is 20.3. The molecule has 0 saturated carbocycles. The molecule has 130 heavy (non-hydrogen) atoms. The summed E-state index contributed by atoms with van der Waals surface area (Å²) in [4.78, 5) is 5.41. The van der Waals surface area contributed by atoms with Crippen molar-refractivity contribution in [3.8, 4) is 32.0 Å². The van der Waals surface area contributed by atoms with Gasteiger partial charge in [-0.1, -0.05) is 330 Å². The van der Waals surface area contributed by atoms with Gasteiger partial charge in [0, 0.05) is 96.2 Å². The SMILES string of the molecule is CC(C)CCCC(C)CCc1ccc(-c2ccc3ccc4c(sc5c6ccc7ccc(CCC(C)CCCC(C)C)cc7c6sc45)c3c2)cc1.CC(C)CCCC(C)CCc1ccc2ccc3c(sc4c5ccc6ccc(CCC(C)CCCC(C)C)cc6c5sc34)c2c1.Cc1ccc(-c2ccc3ccc4c(sc5c6ccc7ccc(-c8ccc(C)s8)cc7c6sc45)c3c2)s1. The first kappa shape index (κ1) is 90.5. The topological polar surface area (TPSA) is 0 Å². The summed E-state index contributed by atoms with van der Waals surface area (Å²) in [7, 11) is 0. The summed E-state index contributed by atoms with van der Waals surface area (Å²) >= 11 is 15.7. The molecular formula is C122H128S8. The summed E-state index contributed by atoms with van der Waals surface area (Å²) in [6, 6.07) is 89.2. The van der Waals surface area contributed by atoms with Crippen molar-refractivity contribution in [3.05, 3.63) is 263 Å². The molecule has 664 valence electrons. The third kappa shape index (κ3) is 19.7. The van der Waals surface area contributed by atoms with Crippen molar-refractivity contribution in [1.82, 2.24) is 0 Å². The molecule has 0 spiro atoms. The van der Waals surface area contributed by atoms with Gasteiger partial charge in [0.25, 0.3) is 0 Å². The quantitative estimate of drug-likeness (QED) is 0.0406. The minimum Gasteiger partial charge on any atom is -0.141 e. The second-order valence-electron chi connectivity index (χ2n) is 40.6.